The van der Waals surface area contributed by atoms with Crippen LogP contribution in [-0.2, 0) is 22.3 Å². The fourth-order valence-electron chi connectivity index (χ4n) is 3.64. The predicted molar refractivity (Wildman–Crippen MR) is 91.5 cm³/mol. The highest BCUT2D eigenvalue weighted by molar-refractivity contribution is 5.76. The van der Waals surface area contributed by atoms with Gasteiger partial charge in [-0.2, -0.15) is 13.2 Å². The van der Waals surface area contributed by atoms with Gasteiger partial charge < -0.3 is 10.1 Å². The maximum atomic E-state index is 12.8. The van der Waals surface area contributed by atoms with Crippen molar-refractivity contribution in [3.05, 3.63) is 35.4 Å². The van der Waals surface area contributed by atoms with E-state index >= 15 is 0 Å². The zero-order valence-electron chi connectivity index (χ0n) is 14.7. The van der Waals surface area contributed by atoms with E-state index in [4.69, 9.17) is 4.74 Å². The SMILES string of the molecule is O=C(CC1CCCO1)NC1CCN(Cc2cccc(C(F)(F)F)c2)CC1. The van der Waals surface area contributed by atoms with Gasteiger partial charge in [-0.3, -0.25) is 9.69 Å². The van der Waals surface area contributed by atoms with Gasteiger partial charge >= 0.3 is 6.18 Å². The van der Waals surface area contributed by atoms with Crippen LogP contribution in [0.1, 0.15) is 43.2 Å². The summed E-state index contributed by atoms with van der Waals surface area (Å²) in [5, 5.41) is 3.06. The van der Waals surface area contributed by atoms with E-state index in [0.29, 0.717) is 18.5 Å². The Labute approximate surface area is 151 Å². The molecule has 2 fully saturated rings. The molecule has 144 valence electrons. The van der Waals surface area contributed by atoms with Gasteiger partial charge in [0, 0.05) is 32.3 Å². The molecule has 0 spiro atoms. The fourth-order valence-corrected chi connectivity index (χ4v) is 3.64. The lowest BCUT2D eigenvalue weighted by atomic mass is 10.0. The van der Waals surface area contributed by atoms with E-state index < -0.39 is 11.7 Å². The number of benzene rings is 1. The molecule has 0 aromatic heterocycles. The van der Waals surface area contributed by atoms with Crippen molar-refractivity contribution in [2.24, 2.45) is 0 Å². The molecular weight excluding hydrogens is 345 g/mol. The summed E-state index contributed by atoms with van der Waals surface area (Å²) < 4.78 is 43.9. The van der Waals surface area contributed by atoms with Gasteiger partial charge in [0.25, 0.3) is 0 Å². The van der Waals surface area contributed by atoms with Crippen molar-refractivity contribution >= 4 is 5.91 Å². The minimum Gasteiger partial charge on any atom is -0.378 e. The third kappa shape index (κ3) is 5.45. The number of likely N-dealkylation sites (tertiary alicyclic amines) is 1. The average Bonchev–Trinajstić information content (AvgIpc) is 3.09. The van der Waals surface area contributed by atoms with Crippen molar-refractivity contribution in [3.63, 3.8) is 0 Å². The summed E-state index contributed by atoms with van der Waals surface area (Å²) in [4.78, 5) is 14.2. The van der Waals surface area contributed by atoms with Crippen LogP contribution >= 0.6 is 0 Å². The summed E-state index contributed by atoms with van der Waals surface area (Å²) in [5.41, 5.74) is 0.0620. The van der Waals surface area contributed by atoms with Crippen molar-refractivity contribution in [1.29, 1.82) is 0 Å². The molecular formula is C19H25F3N2O2. The number of rotatable bonds is 5. The lowest BCUT2D eigenvalue weighted by molar-refractivity contribution is -0.137. The number of ether oxygens (including phenoxy) is 1. The van der Waals surface area contributed by atoms with Crippen molar-refractivity contribution in [2.45, 2.75) is 57.0 Å². The Bertz CT molecular complexity index is 607. The topological polar surface area (TPSA) is 41.6 Å². The first kappa shape index (κ1) is 19.2. The standard InChI is InChI=1S/C19H25F3N2O2/c20-19(21,22)15-4-1-3-14(11-15)13-24-8-6-16(7-9-24)23-18(25)12-17-5-2-10-26-17/h1,3-4,11,16-17H,2,5-10,12-13H2,(H,23,25). The number of hydrogen-bond acceptors (Lipinski definition) is 3. The Morgan fingerprint density at radius 3 is 2.65 bits per heavy atom. The second kappa shape index (κ2) is 8.39. The molecule has 0 bridgehead atoms. The van der Waals surface area contributed by atoms with Gasteiger partial charge in [-0.15, -0.1) is 0 Å². The second-order valence-corrected chi connectivity index (χ2v) is 7.16. The number of hydrogen-bond donors (Lipinski definition) is 1. The van der Waals surface area contributed by atoms with Crippen LogP contribution in [0.2, 0.25) is 0 Å². The molecule has 2 aliphatic heterocycles. The maximum Gasteiger partial charge on any atom is 0.416 e. The molecule has 0 aliphatic carbocycles. The van der Waals surface area contributed by atoms with Gasteiger partial charge in [0.05, 0.1) is 18.1 Å². The third-order valence-electron chi connectivity index (χ3n) is 5.05. The van der Waals surface area contributed by atoms with Crippen LogP contribution in [0.25, 0.3) is 0 Å². The highest BCUT2D eigenvalue weighted by Gasteiger charge is 2.30. The molecule has 4 nitrogen and oxygen atoms in total. The molecule has 1 unspecified atom stereocenters. The average molecular weight is 370 g/mol. The first-order valence-electron chi connectivity index (χ1n) is 9.19. The van der Waals surface area contributed by atoms with Gasteiger partial charge in [0.15, 0.2) is 0 Å². The van der Waals surface area contributed by atoms with E-state index in [9.17, 15) is 18.0 Å². The summed E-state index contributed by atoms with van der Waals surface area (Å²) >= 11 is 0. The number of halogens is 3. The van der Waals surface area contributed by atoms with E-state index in [1.54, 1.807) is 6.07 Å². The predicted octanol–water partition coefficient (Wildman–Crippen LogP) is 3.36. The second-order valence-electron chi connectivity index (χ2n) is 7.16. The Balaban J connectivity index is 1.43. The summed E-state index contributed by atoms with van der Waals surface area (Å²) in [6, 6.07) is 5.64. The smallest absolute Gasteiger partial charge is 0.378 e. The number of carbonyl (C=O) groups excluding carboxylic acids is 1. The first-order chi connectivity index (χ1) is 12.4. The zero-order valence-corrected chi connectivity index (χ0v) is 14.7. The largest absolute Gasteiger partial charge is 0.416 e. The van der Waals surface area contributed by atoms with Crippen molar-refractivity contribution in [2.75, 3.05) is 19.7 Å². The lowest BCUT2D eigenvalue weighted by Gasteiger charge is -2.32. The van der Waals surface area contributed by atoms with E-state index in [1.807, 2.05) is 0 Å². The van der Waals surface area contributed by atoms with E-state index in [0.717, 1.165) is 51.4 Å². The minimum absolute atomic E-state index is 0.0354. The third-order valence-corrected chi connectivity index (χ3v) is 5.05. The van der Waals surface area contributed by atoms with Crippen molar-refractivity contribution < 1.29 is 22.7 Å². The molecule has 1 amide bonds. The Morgan fingerprint density at radius 1 is 1.23 bits per heavy atom. The van der Waals surface area contributed by atoms with Gasteiger partial charge in [-0.05, 0) is 37.3 Å². The number of piperidine rings is 1. The van der Waals surface area contributed by atoms with Gasteiger partial charge in [0.2, 0.25) is 5.91 Å². The van der Waals surface area contributed by atoms with Crippen molar-refractivity contribution in [3.8, 4) is 0 Å². The van der Waals surface area contributed by atoms with Crippen LogP contribution < -0.4 is 5.32 Å². The lowest BCUT2D eigenvalue weighted by Crippen LogP contribution is -2.44. The van der Waals surface area contributed by atoms with Gasteiger partial charge in [-0.25, -0.2) is 0 Å². The molecule has 2 aliphatic rings. The van der Waals surface area contributed by atoms with Crippen LogP contribution in [0.4, 0.5) is 13.2 Å². The normalized spacial score (nSPS) is 22.5. The Kier molecular flexibility index (Phi) is 6.19. The van der Waals surface area contributed by atoms with Crippen LogP contribution in [0.5, 0.6) is 0 Å². The first-order valence-corrected chi connectivity index (χ1v) is 9.19. The molecule has 1 aromatic carbocycles. The van der Waals surface area contributed by atoms with E-state index in [2.05, 4.69) is 10.2 Å². The van der Waals surface area contributed by atoms with Crippen LogP contribution in [-0.4, -0.2) is 42.6 Å². The molecule has 3 rings (SSSR count). The monoisotopic (exact) mass is 370 g/mol. The molecule has 0 radical (unpaired) electrons. The maximum absolute atomic E-state index is 12.8. The number of nitrogens with one attached hydrogen (secondary N) is 1. The quantitative estimate of drug-likeness (QED) is 0.864. The highest BCUT2D eigenvalue weighted by atomic mass is 19.4. The zero-order chi connectivity index (χ0) is 18.6. The molecule has 1 N–H and O–H groups in total. The number of carbonyl (C=O) groups is 1. The number of alkyl halides is 3. The Hall–Kier alpha value is -1.60. The molecule has 2 heterocycles. The molecule has 1 atom stereocenters. The summed E-state index contributed by atoms with van der Waals surface area (Å²) in [6.07, 6.45) is -0.238. The van der Waals surface area contributed by atoms with Crippen molar-refractivity contribution in [1.82, 2.24) is 10.2 Å². The Morgan fingerprint density at radius 2 is 2.00 bits per heavy atom. The molecule has 26 heavy (non-hydrogen) atoms. The van der Waals surface area contributed by atoms with E-state index in [1.165, 1.54) is 12.1 Å². The number of nitrogens with zero attached hydrogens (tertiary/aromatic N) is 1. The fraction of sp³-hybridized carbons (Fsp3) is 0.632. The van der Waals surface area contributed by atoms with Gasteiger partial charge in [-0.1, -0.05) is 18.2 Å². The molecule has 1 aromatic rings. The molecule has 0 saturated carbocycles. The van der Waals surface area contributed by atoms with Gasteiger partial charge in [0.1, 0.15) is 0 Å². The van der Waals surface area contributed by atoms with Crippen LogP contribution in [0, 0.1) is 0 Å². The summed E-state index contributed by atoms with van der Waals surface area (Å²) in [5.74, 6) is 0.0354. The van der Waals surface area contributed by atoms with Crippen LogP contribution in [0.15, 0.2) is 24.3 Å². The summed E-state index contributed by atoms with van der Waals surface area (Å²) in [7, 11) is 0. The summed E-state index contributed by atoms with van der Waals surface area (Å²) in [6.45, 7) is 2.77. The van der Waals surface area contributed by atoms with E-state index in [-0.39, 0.29) is 18.1 Å². The van der Waals surface area contributed by atoms with Crippen LogP contribution in [0.3, 0.4) is 0 Å². The molecule has 2 saturated heterocycles. The highest BCUT2D eigenvalue weighted by Crippen LogP contribution is 2.30. The number of amides is 1. The molecule has 7 heteroatoms. The minimum atomic E-state index is -4.31.